The summed E-state index contributed by atoms with van der Waals surface area (Å²) in [7, 11) is 0. The normalized spacial score (nSPS) is 12.7. The van der Waals surface area contributed by atoms with Crippen molar-refractivity contribution >= 4 is 11.3 Å². The molecule has 0 fully saturated rings. The minimum absolute atomic E-state index is 0.230. The Hall–Kier alpha value is -1.33. The van der Waals surface area contributed by atoms with Gasteiger partial charge in [0.1, 0.15) is 0 Å². The van der Waals surface area contributed by atoms with Crippen molar-refractivity contribution in [3.05, 3.63) is 46.6 Å². The van der Waals surface area contributed by atoms with Gasteiger partial charge in [-0.15, -0.1) is 11.3 Å². The van der Waals surface area contributed by atoms with E-state index in [1.54, 1.807) is 0 Å². The van der Waals surface area contributed by atoms with Gasteiger partial charge in [0.25, 0.3) is 0 Å². The lowest BCUT2D eigenvalue weighted by Gasteiger charge is -2.13. The fraction of sp³-hybridized carbons (Fsp3) is 0.333. The molecule has 1 aromatic heterocycles. The summed E-state index contributed by atoms with van der Waals surface area (Å²) < 4.78 is 39.5. The second-order valence-electron chi connectivity index (χ2n) is 4.47. The lowest BCUT2D eigenvalue weighted by Crippen LogP contribution is -2.18. The Morgan fingerprint density at radius 1 is 1.10 bits per heavy atom. The van der Waals surface area contributed by atoms with Gasteiger partial charge in [-0.2, -0.15) is 0 Å². The predicted octanol–water partition coefficient (Wildman–Crippen LogP) is 4.89. The molecule has 1 aromatic carbocycles. The van der Waals surface area contributed by atoms with Crippen molar-refractivity contribution in [1.82, 2.24) is 5.32 Å². The van der Waals surface area contributed by atoms with Crippen LogP contribution in [-0.2, 0) is 0 Å². The predicted molar refractivity (Wildman–Crippen MR) is 76.3 cm³/mol. The standard InChI is InChI=1S/C15H16F3NS/c1-3-12(19-4-2)14-6-5-13(20-14)9-7-10(16)15(18)11(17)8-9/h5-8,12,19H,3-4H2,1-2H3. The molecule has 0 aliphatic carbocycles. The zero-order valence-electron chi connectivity index (χ0n) is 11.3. The van der Waals surface area contributed by atoms with Crippen LogP contribution in [0.2, 0.25) is 0 Å². The van der Waals surface area contributed by atoms with E-state index < -0.39 is 17.5 Å². The highest BCUT2D eigenvalue weighted by atomic mass is 32.1. The average molecular weight is 299 g/mol. The van der Waals surface area contributed by atoms with Crippen molar-refractivity contribution < 1.29 is 13.2 Å². The van der Waals surface area contributed by atoms with E-state index in [4.69, 9.17) is 0 Å². The molecule has 0 aliphatic heterocycles. The number of halogens is 3. The Labute approximate surface area is 120 Å². The minimum Gasteiger partial charge on any atom is -0.310 e. The topological polar surface area (TPSA) is 12.0 Å². The van der Waals surface area contributed by atoms with Gasteiger partial charge in [0.15, 0.2) is 17.5 Å². The summed E-state index contributed by atoms with van der Waals surface area (Å²) >= 11 is 1.46. The Morgan fingerprint density at radius 2 is 1.75 bits per heavy atom. The average Bonchev–Trinajstić information content (AvgIpc) is 2.91. The van der Waals surface area contributed by atoms with Crippen LogP contribution in [0.5, 0.6) is 0 Å². The van der Waals surface area contributed by atoms with E-state index in [-0.39, 0.29) is 6.04 Å². The highest BCUT2D eigenvalue weighted by molar-refractivity contribution is 7.15. The van der Waals surface area contributed by atoms with Gasteiger partial charge in [-0.1, -0.05) is 13.8 Å². The van der Waals surface area contributed by atoms with Crippen molar-refractivity contribution in [3.63, 3.8) is 0 Å². The maximum atomic E-state index is 13.3. The monoisotopic (exact) mass is 299 g/mol. The van der Waals surface area contributed by atoms with Gasteiger partial charge in [0.05, 0.1) is 0 Å². The first-order valence-corrected chi connectivity index (χ1v) is 7.36. The maximum absolute atomic E-state index is 13.3. The van der Waals surface area contributed by atoms with Crippen molar-refractivity contribution in [2.75, 3.05) is 6.54 Å². The van der Waals surface area contributed by atoms with Gasteiger partial charge in [0, 0.05) is 15.8 Å². The van der Waals surface area contributed by atoms with Crippen LogP contribution < -0.4 is 5.32 Å². The second-order valence-corrected chi connectivity index (χ2v) is 5.59. The molecule has 1 atom stereocenters. The van der Waals surface area contributed by atoms with Crippen molar-refractivity contribution in [3.8, 4) is 10.4 Å². The third kappa shape index (κ3) is 3.04. The lowest BCUT2D eigenvalue weighted by atomic mass is 10.1. The molecule has 2 rings (SSSR count). The minimum atomic E-state index is -1.43. The molecule has 2 aromatic rings. The second kappa shape index (κ2) is 6.41. The number of benzene rings is 1. The molecule has 0 amide bonds. The van der Waals surface area contributed by atoms with Crippen LogP contribution in [-0.4, -0.2) is 6.54 Å². The lowest BCUT2D eigenvalue weighted by molar-refractivity contribution is 0.448. The molecular formula is C15H16F3NS. The smallest absolute Gasteiger partial charge is 0.194 e. The molecular weight excluding hydrogens is 283 g/mol. The van der Waals surface area contributed by atoms with Gasteiger partial charge >= 0.3 is 0 Å². The van der Waals surface area contributed by atoms with Crippen LogP contribution in [0.3, 0.4) is 0 Å². The van der Waals surface area contributed by atoms with E-state index in [0.717, 1.165) is 34.9 Å². The molecule has 108 valence electrons. The Morgan fingerprint density at radius 3 is 2.30 bits per heavy atom. The molecule has 0 aliphatic rings. The summed E-state index contributed by atoms with van der Waals surface area (Å²) in [6.07, 6.45) is 0.930. The van der Waals surface area contributed by atoms with E-state index >= 15 is 0 Å². The maximum Gasteiger partial charge on any atom is 0.194 e. The molecule has 5 heteroatoms. The van der Waals surface area contributed by atoms with E-state index in [1.807, 2.05) is 19.1 Å². The van der Waals surface area contributed by atoms with Crippen LogP contribution in [0.1, 0.15) is 31.2 Å². The molecule has 0 bridgehead atoms. The van der Waals surface area contributed by atoms with Gasteiger partial charge < -0.3 is 5.32 Å². The van der Waals surface area contributed by atoms with Crippen LogP contribution in [0.4, 0.5) is 13.2 Å². The van der Waals surface area contributed by atoms with E-state index in [1.165, 1.54) is 11.3 Å². The summed E-state index contributed by atoms with van der Waals surface area (Å²) in [5.41, 5.74) is 0.365. The first kappa shape index (κ1) is 15.1. The number of hydrogen-bond donors (Lipinski definition) is 1. The van der Waals surface area contributed by atoms with Gasteiger partial charge in [0.2, 0.25) is 0 Å². The molecule has 20 heavy (non-hydrogen) atoms. The fourth-order valence-electron chi connectivity index (χ4n) is 2.09. The van der Waals surface area contributed by atoms with E-state index in [0.29, 0.717) is 5.56 Å². The quantitative estimate of drug-likeness (QED) is 0.775. The number of rotatable bonds is 5. The molecule has 1 N–H and O–H groups in total. The molecule has 0 radical (unpaired) electrons. The largest absolute Gasteiger partial charge is 0.310 e. The summed E-state index contributed by atoms with van der Waals surface area (Å²) in [5, 5.41) is 3.35. The first-order valence-electron chi connectivity index (χ1n) is 6.54. The highest BCUT2D eigenvalue weighted by Crippen LogP contribution is 2.33. The van der Waals surface area contributed by atoms with Crippen molar-refractivity contribution in [1.29, 1.82) is 0 Å². The van der Waals surface area contributed by atoms with E-state index in [9.17, 15) is 13.2 Å². The van der Waals surface area contributed by atoms with Crippen LogP contribution in [0.15, 0.2) is 24.3 Å². The molecule has 1 unspecified atom stereocenters. The van der Waals surface area contributed by atoms with Gasteiger partial charge in [-0.25, -0.2) is 13.2 Å². The Bertz CT molecular complexity index is 572. The number of nitrogens with one attached hydrogen (secondary N) is 1. The summed E-state index contributed by atoms with van der Waals surface area (Å²) in [5.74, 6) is -3.74. The van der Waals surface area contributed by atoms with Crippen LogP contribution in [0.25, 0.3) is 10.4 Å². The zero-order chi connectivity index (χ0) is 14.7. The first-order chi connectivity index (χ1) is 9.56. The van der Waals surface area contributed by atoms with E-state index in [2.05, 4.69) is 12.2 Å². The number of thiophene rings is 1. The van der Waals surface area contributed by atoms with Crippen LogP contribution >= 0.6 is 11.3 Å². The summed E-state index contributed by atoms with van der Waals surface area (Å²) in [6.45, 7) is 4.96. The third-order valence-corrected chi connectivity index (χ3v) is 4.35. The van der Waals surface area contributed by atoms with Gasteiger partial charge in [-0.05, 0) is 42.8 Å². The molecule has 0 spiro atoms. The Balaban J connectivity index is 2.33. The van der Waals surface area contributed by atoms with Crippen molar-refractivity contribution in [2.45, 2.75) is 26.3 Å². The molecule has 0 saturated carbocycles. The zero-order valence-corrected chi connectivity index (χ0v) is 12.2. The van der Waals surface area contributed by atoms with Gasteiger partial charge in [-0.3, -0.25) is 0 Å². The molecule has 0 saturated heterocycles. The summed E-state index contributed by atoms with van der Waals surface area (Å²) in [6, 6.07) is 6.04. The number of hydrogen-bond acceptors (Lipinski definition) is 2. The third-order valence-electron chi connectivity index (χ3n) is 3.10. The van der Waals surface area contributed by atoms with Crippen LogP contribution in [0, 0.1) is 17.5 Å². The Kier molecular flexibility index (Phi) is 4.83. The highest BCUT2D eigenvalue weighted by Gasteiger charge is 2.15. The summed E-state index contributed by atoms with van der Waals surface area (Å²) in [4.78, 5) is 1.84. The fourth-order valence-corrected chi connectivity index (χ4v) is 3.24. The SMILES string of the molecule is CCNC(CC)c1ccc(-c2cc(F)c(F)c(F)c2)s1. The molecule has 1 heterocycles. The molecule has 1 nitrogen and oxygen atoms in total. The van der Waals surface area contributed by atoms with Crippen molar-refractivity contribution in [2.24, 2.45) is 0 Å².